The highest BCUT2D eigenvalue weighted by Gasteiger charge is 2.37. The van der Waals surface area contributed by atoms with Crippen molar-refractivity contribution in [1.29, 1.82) is 0 Å². The van der Waals surface area contributed by atoms with Crippen molar-refractivity contribution in [2.75, 3.05) is 0 Å². The van der Waals surface area contributed by atoms with Crippen LogP contribution in [0, 0.1) is 0 Å². The zero-order valence-corrected chi connectivity index (χ0v) is 13.2. The summed E-state index contributed by atoms with van der Waals surface area (Å²) in [5, 5.41) is 13.2. The Morgan fingerprint density at radius 1 is 1.38 bits per heavy atom. The largest absolute Gasteiger partial charge is 0.444 e. The van der Waals surface area contributed by atoms with E-state index in [0.29, 0.717) is 12.2 Å². The molecule has 1 aliphatic rings. The van der Waals surface area contributed by atoms with E-state index in [4.69, 9.17) is 4.42 Å². The third-order valence-corrected chi connectivity index (χ3v) is 4.60. The van der Waals surface area contributed by atoms with Crippen molar-refractivity contribution in [2.24, 2.45) is 0 Å². The number of oxazole rings is 1. The molecule has 0 radical (unpaired) electrons. The molecule has 2 N–H and O–H groups in total. The molecule has 24 heavy (non-hydrogen) atoms. The summed E-state index contributed by atoms with van der Waals surface area (Å²) in [4.78, 5) is 4.16. The van der Waals surface area contributed by atoms with Gasteiger partial charge in [-0.15, -0.1) is 0 Å². The molecular formula is C17H19F3N2O2. The first-order valence-electron chi connectivity index (χ1n) is 7.84. The van der Waals surface area contributed by atoms with Crippen molar-refractivity contribution in [3.05, 3.63) is 41.8 Å². The Balaban J connectivity index is 1.77. The zero-order chi connectivity index (χ0) is 17.4. The van der Waals surface area contributed by atoms with Crippen molar-refractivity contribution in [3.8, 4) is 11.5 Å². The van der Waals surface area contributed by atoms with E-state index < -0.39 is 23.4 Å². The maximum atomic E-state index is 13.1. The smallest absolute Gasteiger partial charge is 0.417 e. The van der Waals surface area contributed by atoms with Crippen LogP contribution in [0.3, 0.4) is 0 Å². The summed E-state index contributed by atoms with van der Waals surface area (Å²) < 4.78 is 44.5. The minimum absolute atomic E-state index is 0.0585. The van der Waals surface area contributed by atoms with Gasteiger partial charge >= 0.3 is 6.18 Å². The molecule has 0 spiro atoms. The van der Waals surface area contributed by atoms with Gasteiger partial charge in [-0.25, -0.2) is 4.98 Å². The Kier molecular flexibility index (Phi) is 4.40. The topological polar surface area (TPSA) is 58.3 Å². The van der Waals surface area contributed by atoms with Crippen LogP contribution < -0.4 is 5.32 Å². The third kappa shape index (κ3) is 3.32. The van der Waals surface area contributed by atoms with Gasteiger partial charge < -0.3 is 14.8 Å². The molecule has 1 fully saturated rings. The Labute approximate surface area is 137 Å². The van der Waals surface area contributed by atoms with Gasteiger partial charge in [-0.05, 0) is 38.3 Å². The lowest BCUT2D eigenvalue weighted by Gasteiger charge is -2.29. The fourth-order valence-corrected chi connectivity index (χ4v) is 3.08. The van der Waals surface area contributed by atoms with Crippen molar-refractivity contribution < 1.29 is 22.7 Å². The number of aliphatic hydroxyl groups excluding tert-OH is 1. The Hall–Kier alpha value is -1.86. The van der Waals surface area contributed by atoms with Crippen LogP contribution in [-0.4, -0.2) is 21.7 Å². The highest BCUT2D eigenvalue weighted by molar-refractivity contribution is 5.59. The molecule has 0 saturated heterocycles. The Morgan fingerprint density at radius 3 is 2.79 bits per heavy atom. The molecule has 4 nitrogen and oxygen atoms in total. The van der Waals surface area contributed by atoms with Gasteiger partial charge in [0.05, 0.1) is 17.4 Å². The van der Waals surface area contributed by atoms with Gasteiger partial charge in [0.15, 0.2) is 0 Å². The lowest BCUT2D eigenvalue weighted by molar-refractivity contribution is -0.137. The van der Waals surface area contributed by atoms with E-state index >= 15 is 0 Å². The van der Waals surface area contributed by atoms with Crippen LogP contribution in [0.15, 0.2) is 34.9 Å². The van der Waals surface area contributed by atoms with Crippen molar-refractivity contribution in [1.82, 2.24) is 10.3 Å². The predicted octanol–water partition coefficient (Wildman–Crippen LogP) is 3.75. The number of benzene rings is 1. The van der Waals surface area contributed by atoms with Crippen LogP contribution in [-0.2, 0) is 12.7 Å². The van der Waals surface area contributed by atoms with E-state index in [-0.39, 0.29) is 11.5 Å². The molecule has 2 atom stereocenters. The molecule has 0 amide bonds. The van der Waals surface area contributed by atoms with Crippen LogP contribution >= 0.6 is 0 Å². The van der Waals surface area contributed by atoms with Gasteiger partial charge in [0.2, 0.25) is 5.89 Å². The summed E-state index contributed by atoms with van der Waals surface area (Å²) in [7, 11) is 0. The lowest BCUT2D eigenvalue weighted by atomic mass is 9.98. The fraction of sp³-hybridized carbons (Fsp3) is 0.471. The van der Waals surface area contributed by atoms with Crippen LogP contribution in [0.4, 0.5) is 13.2 Å². The first-order chi connectivity index (χ1) is 11.3. The minimum Gasteiger partial charge on any atom is -0.444 e. The molecule has 3 rings (SSSR count). The average Bonchev–Trinajstić information content (AvgIpc) is 3.13. The van der Waals surface area contributed by atoms with E-state index in [2.05, 4.69) is 10.3 Å². The summed E-state index contributed by atoms with van der Waals surface area (Å²) in [6, 6.07) is 5.20. The lowest BCUT2D eigenvalue weighted by Crippen LogP contribution is -2.48. The number of nitrogens with one attached hydrogen (secondary N) is 1. The van der Waals surface area contributed by atoms with Gasteiger partial charge in [-0.2, -0.15) is 13.2 Å². The highest BCUT2D eigenvalue weighted by Crippen LogP contribution is 2.36. The van der Waals surface area contributed by atoms with Gasteiger partial charge in [0.25, 0.3) is 0 Å². The molecule has 1 aliphatic carbocycles. The zero-order valence-electron chi connectivity index (χ0n) is 13.2. The molecular weight excluding hydrogens is 321 g/mol. The Morgan fingerprint density at radius 2 is 2.12 bits per heavy atom. The monoisotopic (exact) mass is 340 g/mol. The van der Waals surface area contributed by atoms with Gasteiger partial charge in [0, 0.05) is 17.6 Å². The number of aromatic nitrogens is 1. The van der Waals surface area contributed by atoms with Crippen LogP contribution in [0.25, 0.3) is 11.5 Å². The summed E-state index contributed by atoms with van der Waals surface area (Å²) in [5.41, 5.74) is -0.751. The number of rotatable bonds is 4. The standard InChI is InChI=1S/C17H19F3N2O2/c1-16(8-4-7-14(16)23)21-9-11-10-24-15(22-11)12-5-2-3-6-13(12)17(18,19)20/h2-3,5-6,10,14,21,23H,4,7-9H2,1H3. The SMILES string of the molecule is CC1(NCc2coc(-c3ccccc3C(F)(F)F)n2)CCCC1O. The van der Waals surface area contributed by atoms with E-state index in [9.17, 15) is 18.3 Å². The van der Waals surface area contributed by atoms with Gasteiger partial charge in [-0.1, -0.05) is 12.1 Å². The molecule has 7 heteroatoms. The summed E-state index contributed by atoms with van der Waals surface area (Å²) in [6.45, 7) is 2.26. The number of nitrogens with zero attached hydrogens (tertiary/aromatic N) is 1. The number of halogens is 3. The normalized spacial score (nSPS) is 24.5. The first kappa shape index (κ1) is 17.0. The van der Waals surface area contributed by atoms with Crippen molar-refractivity contribution >= 4 is 0 Å². The maximum Gasteiger partial charge on any atom is 0.417 e. The van der Waals surface area contributed by atoms with E-state index in [1.165, 1.54) is 24.5 Å². The molecule has 2 aromatic rings. The van der Waals surface area contributed by atoms with Crippen molar-refractivity contribution in [2.45, 2.75) is 50.6 Å². The van der Waals surface area contributed by atoms with Crippen LogP contribution in [0.2, 0.25) is 0 Å². The van der Waals surface area contributed by atoms with E-state index in [1.54, 1.807) is 0 Å². The molecule has 1 aromatic heterocycles. The summed E-state index contributed by atoms with van der Waals surface area (Å²) >= 11 is 0. The Bertz CT molecular complexity index is 714. The predicted molar refractivity (Wildman–Crippen MR) is 82.0 cm³/mol. The van der Waals surface area contributed by atoms with Gasteiger partial charge in [0.1, 0.15) is 6.26 Å². The second-order valence-electron chi connectivity index (χ2n) is 6.37. The molecule has 0 aliphatic heterocycles. The molecule has 1 saturated carbocycles. The second-order valence-corrected chi connectivity index (χ2v) is 6.37. The summed E-state index contributed by atoms with van der Waals surface area (Å²) in [5.74, 6) is -0.0585. The number of hydrogen-bond donors (Lipinski definition) is 2. The fourth-order valence-electron chi connectivity index (χ4n) is 3.08. The first-order valence-corrected chi connectivity index (χ1v) is 7.84. The second kappa shape index (κ2) is 6.22. The maximum absolute atomic E-state index is 13.1. The van der Waals surface area contributed by atoms with E-state index in [0.717, 1.165) is 25.3 Å². The van der Waals surface area contributed by atoms with Gasteiger partial charge in [-0.3, -0.25) is 0 Å². The molecule has 1 aromatic carbocycles. The molecule has 0 bridgehead atoms. The molecule has 2 unspecified atom stereocenters. The van der Waals surface area contributed by atoms with Crippen LogP contribution in [0.1, 0.15) is 37.4 Å². The summed E-state index contributed by atoms with van der Waals surface area (Å²) in [6.07, 6.45) is -1.03. The minimum atomic E-state index is -4.47. The average molecular weight is 340 g/mol. The quantitative estimate of drug-likeness (QED) is 0.890. The third-order valence-electron chi connectivity index (χ3n) is 4.60. The highest BCUT2D eigenvalue weighted by atomic mass is 19.4. The number of hydrogen-bond acceptors (Lipinski definition) is 4. The van der Waals surface area contributed by atoms with Crippen LogP contribution in [0.5, 0.6) is 0 Å². The number of alkyl halides is 3. The molecule has 1 heterocycles. The van der Waals surface area contributed by atoms with E-state index in [1.807, 2.05) is 6.92 Å². The molecule has 130 valence electrons. The number of aliphatic hydroxyl groups is 1. The van der Waals surface area contributed by atoms with Crippen molar-refractivity contribution in [3.63, 3.8) is 0 Å².